The molecule has 2 aromatic carbocycles. The molecule has 0 fully saturated rings. The number of ether oxygens (including phenoxy) is 2. The van der Waals surface area contributed by atoms with E-state index in [0.717, 1.165) is 28.6 Å². The smallest absolute Gasteiger partial charge is 0.132 e. The first kappa shape index (κ1) is 14.9. The summed E-state index contributed by atoms with van der Waals surface area (Å²) >= 11 is 0. The largest absolute Gasteiger partial charge is 0.489 e. The monoisotopic (exact) mass is 306 g/mol. The van der Waals surface area contributed by atoms with Gasteiger partial charge in [-0.05, 0) is 35.9 Å². The molecule has 3 rings (SSSR count). The Hall–Kier alpha value is -3.01. The number of benzene rings is 2. The highest BCUT2D eigenvalue weighted by Gasteiger charge is 2.01. The highest BCUT2D eigenvalue weighted by atomic mass is 16.5. The number of nitrogens with zero attached hydrogens (tertiary/aromatic N) is 1. The Morgan fingerprint density at radius 3 is 2.35 bits per heavy atom. The van der Waals surface area contributed by atoms with Gasteiger partial charge >= 0.3 is 0 Å². The molecule has 0 unspecified atom stereocenters. The molecule has 0 atom stereocenters. The molecule has 116 valence electrons. The van der Waals surface area contributed by atoms with Gasteiger partial charge in [0.25, 0.3) is 0 Å². The van der Waals surface area contributed by atoms with Crippen LogP contribution >= 0.6 is 0 Å². The topological polar surface area (TPSA) is 43.4 Å². The Balaban J connectivity index is 1.60. The van der Waals surface area contributed by atoms with Crippen LogP contribution in [0.2, 0.25) is 0 Å². The van der Waals surface area contributed by atoms with Crippen molar-refractivity contribution < 1.29 is 9.47 Å². The number of aromatic nitrogens is 1. The summed E-state index contributed by atoms with van der Waals surface area (Å²) < 4.78 is 11.6. The van der Waals surface area contributed by atoms with Crippen LogP contribution in [0.5, 0.6) is 17.2 Å². The van der Waals surface area contributed by atoms with Crippen LogP contribution in [0.4, 0.5) is 5.82 Å². The van der Waals surface area contributed by atoms with E-state index in [1.54, 1.807) is 6.20 Å². The normalized spacial score (nSPS) is 10.1. The van der Waals surface area contributed by atoms with Gasteiger partial charge in [0, 0.05) is 19.3 Å². The van der Waals surface area contributed by atoms with Crippen molar-refractivity contribution in [1.29, 1.82) is 0 Å². The SMILES string of the molecule is CNc1cc(Oc2ccc(OCc3ccccc3)cc2)ccn1. The minimum Gasteiger partial charge on any atom is -0.489 e. The fourth-order valence-electron chi connectivity index (χ4n) is 2.09. The minimum absolute atomic E-state index is 0.553. The molecule has 0 amide bonds. The highest BCUT2D eigenvalue weighted by Crippen LogP contribution is 2.25. The number of pyridine rings is 1. The second-order valence-corrected chi connectivity index (χ2v) is 4.97. The molecule has 0 spiro atoms. The third kappa shape index (κ3) is 4.23. The number of anilines is 1. The molecule has 0 aliphatic heterocycles. The van der Waals surface area contributed by atoms with Gasteiger partial charge < -0.3 is 14.8 Å². The lowest BCUT2D eigenvalue weighted by Crippen LogP contribution is -1.95. The average molecular weight is 306 g/mol. The lowest BCUT2D eigenvalue weighted by Gasteiger charge is -2.09. The van der Waals surface area contributed by atoms with Crippen LogP contribution in [-0.2, 0) is 6.61 Å². The Morgan fingerprint density at radius 1 is 0.870 bits per heavy atom. The summed E-state index contributed by atoms with van der Waals surface area (Å²) in [5.41, 5.74) is 1.14. The van der Waals surface area contributed by atoms with Crippen LogP contribution in [0, 0.1) is 0 Å². The number of rotatable bonds is 6. The first-order valence-electron chi connectivity index (χ1n) is 7.42. The van der Waals surface area contributed by atoms with Crippen molar-refractivity contribution >= 4 is 5.82 Å². The zero-order valence-corrected chi connectivity index (χ0v) is 12.9. The summed E-state index contributed by atoms with van der Waals surface area (Å²) in [5.74, 6) is 3.07. The summed E-state index contributed by atoms with van der Waals surface area (Å²) in [7, 11) is 1.82. The standard InChI is InChI=1S/C19H18N2O2/c1-20-19-13-18(11-12-21-19)23-17-9-7-16(8-10-17)22-14-15-5-3-2-4-6-15/h2-13H,14H2,1H3,(H,20,21). The van der Waals surface area contributed by atoms with E-state index in [-0.39, 0.29) is 0 Å². The van der Waals surface area contributed by atoms with Crippen LogP contribution in [0.3, 0.4) is 0 Å². The van der Waals surface area contributed by atoms with Gasteiger partial charge in [0.2, 0.25) is 0 Å². The number of nitrogens with one attached hydrogen (secondary N) is 1. The van der Waals surface area contributed by atoms with Gasteiger partial charge in [-0.2, -0.15) is 0 Å². The highest BCUT2D eigenvalue weighted by molar-refractivity contribution is 5.42. The van der Waals surface area contributed by atoms with Crippen LogP contribution in [0.15, 0.2) is 72.9 Å². The van der Waals surface area contributed by atoms with Crippen molar-refractivity contribution in [2.45, 2.75) is 6.61 Å². The van der Waals surface area contributed by atoms with Crippen LogP contribution in [-0.4, -0.2) is 12.0 Å². The third-order valence-electron chi connectivity index (χ3n) is 3.30. The third-order valence-corrected chi connectivity index (χ3v) is 3.30. The van der Waals surface area contributed by atoms with Gasteiger partial charge in [-0.25, -0.2) is 4.98 Å². The minimum atomic E-state index is 0.553. The molecule has 3 aromatic rings. The van der Waals surface area contributed by atoms with Gasteiger partial charge in [-0.3, -0.25) is 0 Å². The second kappa shape index (κ2) is 7.31. The van der Waals surface area contributed by atoms with Crippen molar-refractivity contribution in [2.75, 3.05) is 12.4 Å². The molecule has 1 N–H and O–H groups in total. The number of hydrogen-bond acceptors (Lipinski definition) is 4. The van der Waals surface area contributed by atoms with Crippen LogP contribution in [0.25, 0.3) is 0 Å². The molecule has 4 nitrogen and oxygen atoms in total. The van der Waals surface area contributed by atoms with Crippen molar-refractivity contribution in [3.05, 3.63) is 78.5 Å². The van der Waals surface area contributed by atoms with Gasteiger partial charge in [0.05, 0.1) is 0 Å². The Bertz CT molecular complexity index is 743. The Morgan fingerprint density at radius 2 is 1.61 bits per heavy atom. The molecule has 23 heavy (non-hydrogen) atoms. The molecule has 4 heteroatoms. The van der Waals surface area contributed by atoms with E-state index < -0.39 is 0 Å². The van der Waals surface area contributed by atoms with E-state index in [4.69, 9.17) is 9.47 Å². The van der Waals surface area contributed by atoms with E-state index in [0.29, 0.717) is 6.61 Å². The summed E-state index contributed by atoms with van der Waals surface area (Å²) in [4.78, 5) is 4.16. The van der Waals surface area contributed by atoms with Gasteiger partial charge in [0.1, 0.15) is 29.7 Å². The summed E-state index contributed by atoms with van der Waals surface area (Å²) in [6, 6.07) is 21.3. The fourth-order valence-corrected chi connectivity index (χ4v) is 2.09. The summed E-state index contributed by atoms with van der Waals surface area (Å²) in [6.07, 6.45) is 1.71. The lowest BCUT2D eigenvalue weighted by molar-refractivity contribution is 0.306. The van der Waals surface area contributed by atoms with E-state index in [9.17, 15) is 0 Å². The first-order valence-corrected chi connectivity index (χ1v) is 7.42. The molecular weight excluding hydrogens is 288 g/mol. The average Bonchev–Trinajstić information content (AvgIpc) is 2.62. The molecule has 0 bridgehead atoms. The summed E-state index contributed by atoms with van der Waals surface area (Å²) in [6.45, 7) is 0.553. The molecule has 0 saturated heterocycles. The van der Waals surface area contributed by atoms with Crippen molar-refractivity contribution in [1.82, 2.24) is 4.98 Å². The molecule has 1 aromatic heterocycles. The molecule has 0 aliphatic carbocycles. The van der Waals surface area contributed by atoms with E-state index in [1.165, 1.54) is 0 Å². The zero-order chi connectivity index (χ0) is 15.9. The van der Waals surface area contributed by atoms with Gasteiger partial charge in [0.15, 0.2) is 0 Å². The van der Waals surface area contributed by atoms with Crippen molar-refractivity contribution in [3.8, 4) is 17.2 Å². The Kier molecular flexibility index (Phi) is 4.74. The molecular formula is C19H18N2O2. The quantitative estimate of drug-likeness (QED) is 0.728. The van der Waals surface area contributed by atoms with Gasteiger partial charge in [-0.1, -0.05) is 30.3 Å². The second-order valence-electron chi connectivity index (χ2n) is 4.97. The predicted molar refractivity (Wildman–Crippen MR) is 91.1 cm³/mol. The maximum Gasteiger partial charge on any atom is 0.132 e. The molecule has 0 aliphatic rings. The van der Waals surface area contributed by atoms with E-state index in [1.807, 2.05) is 73.8 Å². The zero-order valence-electron chi connectivity index (χ0n) is 12.9. The molecule has 1 heterocycles. The van der Waals surface area contributed by atoms with Crippen LogP contribution < -0.4 is 14.8 Å². The summed E-state index contributed by atoms with van der Waals surface area (Å²) in [5, 5.41) is 2.98. The lowest BCUT2D eigenvalue weighted by atomic mass is 10.2. The van der Waals surface area contributed by atoms with Crippen LogP contribution in [0.1, 0.15) is 5.56 Å². The maximum absolute atomic E-state index is 5.80. The van der Waals surface area contributed by atoms with Crippen molar-refractivity contribution in [3.63, 3.8) is 0 Å². The first-order chi connectivity index (χ1) is 11.3. The molecule has 0 radical (unpaired) electrons. The maximum atomic E-state index is 5.80. The van der Waals surface area contributed by atoms with E-state index >= 15 is 0 Å². The van der Waals surface area contributed by atoms with E-state index in [2.05, 4.69) is 10.3 Å². The number of hydrogen-bond donors (Lipinski definition) is 1. The Labute approximate surface area is 135 Å². The fraction of sp³-hybridized carbons (Fsp3) is 0.105. The predicted octanol–water partition coefficient (Wildman–Crippen LogP) is 4.49. The van der Waals surface area contributed by atoms with Crippen molar-refractivity contribution in [2.24, 2.45) is 0 Å². The van der Waals surface area contributed by atoms with Gasteiger partial charge in [-0.15, -0.1) is 0 Å². The molecule has 0 saturated carbocycles.